The SMILES string of the molecule is COc1cccc(OC)c1Oc1c(F)c2c(c(F)c1Nc1c(Cl)c(Cl)cc(Cl)c1Cl)C(=O)c1ccccc1C2=O. The molecule has 0 bridgehead atoms. The third-order valence-corrected chi connectivity index (χ3v) is 7.73. The van der Waals surface area contributed by atoms with E-state index in [-0.39, 0.29) is 54.2 Å². The van der Waals surface area contributed by atoms with Crippen LogP contribution in [0.15, 0.2) is 48.5 Å². The molecular formula is C28H15Cl4F2NO5. The second-order valence-electron chi connectivity index (χ2n) is 8.35. The monoisotopic (exact) mass is 623 g/mol. The summed E-state index contributed by atoms with van der Waals surface area (Å²) in [7, 11) is 2.66. The van der Waals surface area contributed by atoms with E-state index in [0.29, 0.717) is 0 Å². The number of halogens is 6. The van der Waals surface area contributed by atoms with Gasteiger partial charge in [0.15, 0.2) is 40.4 Å². The first kappa shape index (κ1) is 28.0. The van der Waals surface area contributed by atoms with Gasteiger partial charge in [-0.25, -0.2) is 8.78 Å². The minimum absolute atomic E-state index is 0.0496. The lowest BCUT2D eigenvalue weighted by atomic mass is 9.83. The summed E-state index contributed by atoms with van der Waals surface area (Å²) in [5.74, 6) is -5.24. The second kappa shape index (κ2) is 10.8. The number of hydrogen-bond acceptors (Lipinski definition) is 6. The summed E-state index contributed by atoms with van der Waals surface area (Å²) in [4.78, 5) is 26.8. The van der Waals surface area contributed by atoms with Gasteiger partial charge in [-0.1, -0.05) is 76.7 Å². The molecule has 1 aliphatic rings. The largest absolute Gasteiger partial charge is 0.493 e. The van der Waals surface area contributed by atoms with Crippen molar-refractivity contribution < 1.29 is 32.6 Å². The highest BCUT2D eigenvalue weighted by Crippen LogP contribution is 2.50. The van der Waals surface area contributed by atoms with Gasteiger partial charge in [-0.3, -0.25) is 9.59 Å². The molecule has 4 aromatic carbocycles. The molecular weight excluding hydrogens is 610 g/mol. The lowest BCUT2D eigenvalue weighted by Gasteiger charge is -2.24. The molecule has 1 aliphatic carbocycles. The molecule has 0 saturated carbocycles. The Balaban J connectivity index is 1.83. The van der Waals surface area contributed by atoms with Crippen molar-refractivity contribution in [2.75, 3.05) is 19.5 Å². The Bertz CT molecular complexity index is 1700. The van der Waals surface area contributed by atoms with Crippen LogP contribution in [0.2, 0.25) is 20.1 Å². The molecule has 4 aromatic rings. The summed E-state index contributed by atoms with van der Waals surface area (Å²) in [5, 5.41) is 2.13. The van der Waals surface area contributed by atoms with Crippen molar-refractivity contribution in [1.29, 1.82) is 0 Å². The molecule has 5 rings (SSSR count). The fourth-order valence-corrected chi connectivity index (χ4v) is 5.18. The molecule has 0 radical (unpaired) electrons. The predicted octanol–water partition coefficient (Wildman–Crippen LogP) is 8.91. The number of hydrogen-bond donors (Lipinski definition) is 1. The average molecular weight is 625 g/mol. The lowest BCUT2D eigenvalue weighted by molar-refractivity contribution is 0.0971. The van der Waals surface area contributed by atoms with Gasteiger partial charge in [-0.15, -0.1) is 0 Å². The van der Waals surface area contributed by atoms with Gasteiger partial charge in [-0.2, -0.15) is 0 Å². The van der Waals surface area contributed by atoms with E-state index in [0.717, 1.165) is 0 Å². The minimum Gasteiger partial charge on any atom is -0.493 e. The third kappa shape index (κ3) is 4.41. The first-order valence-corrected chi connectivity index (χ1v) is 12.8. The maximum absolute atomic E-state index is 16.4. The molecule has 40 heavy (non-hydrogen) atoms. The van der Waals surface area contributed by atoms with Crippen molar-refractivity contribution in [3.8, 4) is 23.0 Å². The van der Waals surface area contributed by atoms with Crippen LogP contribution in [0.1, 0.15) is 31.8 Å². The first-order valence-electron chi connectivity index (χ1n) is 11.3. The Morgan fingerprint density at radius 2 is 1.18 bits per heavy atom. The van der Waals surface area contributed by atoms with Gasteiger partial charge in [0, 0.05) is 11.1 Å². The molecule has 1 N–H and O–H groups in total. The number of nitrogens with one attached hydrogen (secondary N) is 1. The number of fused-ring (bicyclic) bond motifs is 2. The maximum Gasteiger partial charge on any atom is 0.211 e. The standard InChI is InChI=1S/C28H15Cl4F2NO5/c1-38-15-8-5-9-16(39-2)27(15)40-28-22(34)18-17(25(36)11-6-3-4-7-12(11)26(18)37)21(33)24(28)35-23-19(31)13(29)10-14(30)20(23)32/h3-10,35H,1-2H3. The molecule has 0 fully saturated rings. The van der Waals surface area contributed by atoms with Crippen LogP contribution in [0.3, 0.4) is 0 Å². The van der Waals surface area contributed by atoms with Gasteiger partial charge >= 0.3 is 0 Å². The number of anilines is 2. The highest BCUT2D eigenvalue weighted by atomic mass is 35.5. The molecule has 0 atom stereocenters. The Morgan fingerprint density at radius 3 is 1.68 bits per heavy atom. The van der Waals surface area contributed by atoms with Crippen LogP contribution in [0.5, 0.6) is 23.0 Å². The number of rotatable bonds is 6. The summed E-state index contributed by atoms with van der Waals surface area (Å²) < 4.78 is 49.4. The van der Waals surface area contributed by atoms with Gasteiger partial charge < -0.3 is 19.5 Å². The smallest absolute Gasteiger partial charge is 0.211 e. The Hall–Kier alpha value is -3.56. The summed E-state index contributed by atoms with van der Waals surface area (Å²) in [6, 6.07) is 11.5. The van der Waals surface area contributed by atoms with Crippen LogP contribution in [0.4, 0.5) is 20.2 Å². The van der Waals surface area contributed by atoms with Gasteiger partial charge in [0.1, 0.15) is 5.69 Å². The van der Waals surface area contributed by atoms with Crippen LogP contribution >= 0.6 is 46.4 Å². The van der Waals surface area contributed by atoms with Crippen LogP contribution in [-0.4, -0.2) is 25.8 Å². The molecule has 0 spiro atoms. The van der Waals surface area contributed by atoms with Gasteiger partial charge in [0.25, 0.3) is 0 Å². The molecule has 0 unspecified atom stereocenters. The Kier molecular flexibility index (Phi) is 7.54. The van der Waals surface area contributed by atoms with E-state index >= 15 is 8.78 Å². The molecule has 0 aromatic heterocycles. The van der Waals surface area contributed by atoms with E-state index in [2.05, 4.69) is 5.32 Å². The normalized spacial score (nSPS) is 12.1. The number of carbonyl (C=O) groups is 2. The van der Waals surface area contributed by atoms with E-state index in [1.165, 1.54) is 56.7 Å². The summed E-state index contributed by atoms with van der Waals surface area (Å²) >= 11 is 24.9. The molecule has 0 saturated heterocycles. The van der Waals surface area contributed by atoms with Crippen molar-refractivity contribution in [2.24, 2.45) is 0 Å². The van der Waals surface area contributed by atoms with E-state index < -0.39 is 45.8 Å². The lowest BCUT2D eigenvalue weighted by Crippen LogP contribution is -2.25. The van der Waals surface area contributed by atoms with Crippen molar-refractivity contribution in [2.45, 2.75) is 0 Å². The zero-order chi connectivity index (χ0) is 28.9. The average Bonchev–Trinajstić information content (AvgIpc) is 2.95. The Morgan fingerprint density at radius 1 is 0.675 bits per heavy atom. The van der Waals surface area contributed by atoms with E-state index in [4.69, 9.17) is 60.6 Å². The highest BCUT2D eigenvalue weighted by Gasteiger charge is 2.39. The zero-order valence-corrected chi connectivity index (χ0v) is 23.5. The molecule has 204 valence electrons. The minimum atomic E-state index is -1.33. The molecule has 0 amide bonds. The number of carbonyl (C=O) groups excluding carboxylic acids is 2. The topological polar surface area (TPSA) is 73.9 Å². The van der Waals surface area contributed by atoms with Gasteiger partial charge in [-0.05, 0) is 18.2 Å². The molecule has 0 aliphatic heterocycles. The quantitative estimate of drug-likeness (QED) is 0.190. The maximum atomic E-state index is 16.4. The van der Waals surface area contributed by atoms with Gasteiger partial charge in [0.05, 0.1) is 51.1 Å². The molecule has 12 heteroatoms. The number of methoxy groups -OCH3 is 2. The van der Waals surface area contributed by atoms with E-state index in [9.17, 15) is 9.59 Å². The molecule has 0 heterocycles. The van der Waals surface area contributed by atoms with Crippen LogP contribution in [0.25, 0.3) is 0 Å². The number of benzene rings is 4. The zero-order valence-electron chi connectivity index (χ0n) is 20.4. The van der Waals surface area contributed by atoms with Crippen molar-refractivity contribution >= 4 is 69.3 Å². The van der Waals surface area contributed by atoms with Crippen LogP contribution in [0, 0.1) is 11.6 Å². The van der Waals surface area contributed by atoms with Crippen LogP contribution < -0.4 is 19.5 Å². The Labute approximate surface area is 246 Å². The third-order valence-electron chi connectivity index (χ3n) is 6.15. The highest BCUT2D eigenvalue weighted by molar-refractivity contribution is 6.50. The summed E-state index contributed by atoms with van der Waals surface area (Å²) in [6.45, 7) is 0. The number of ketones is 2. The number of para-hydroxylation sites is 1. The first-order chi connectivity index (χ1) is 19.1. The summed E-state index contributed by atoms with van der Waals surface area (Å²) in [5.41, 5.74) is -2.71. The van der Waals surface area contributed by atoms with Crippen molar-refractivity contribution in [3.63, 3.8) is 0 Å². The van der Waals surface area contributed by atoms with E-state index in [1.54, 1.807) is 6.07 Å². The van der Waals surface area contributed by atoms with Gasteiger partial charge in [0.2, 0.25) is 5.75 Å². The van der Waals surface area contributed by atoms with E-state index in [1.807, 2.05) is 0 Å². The predicted molar refractivity (Wildman–Crippen MR) is 149 cm³/mol. The fourth-order valence-electron chi connectivity index (χ4n) is 4.28. The van der Waals surface area contributed by atoms with Crippen molar-refractivity contribution in [3.05, 3.63) is 103 Å². The molecule has 6 nitrogen and oxygen atoms in total. The van der Waals surface area contributed by atoms with Crippen LogP contribution in [-0.2, 0) is 0 Å². The fraction of sp³-hybridized carbons (Fsp3) is 0.0714. The van der Waals surface area contributed by atoms with Crippen molar-refractivity contribution in [1.82, 2.24) is 0 Å². The summed E-state index contributed by atoms with van der Waals surface area (Å²) in [6.07, 6.45) is 0. The number of ether oxygens (including phenoxy) is 3. The second-order valence-corrected chi connectivity index (χ2v) is 9.92.